The Hall–Kier alpha value is -2.70. The van der Waals surface area contributed by atoms with Gasteiger partial charge in [-0.1, -0.05) is 6.07 Å². The molecule has 7 nitrogen and oxygen atoms in total. The van der Waals surface area contributed by atoms with Crippen LogP contribution in [0.1, 0.15) is 36.2 Å². The highest BCUT2D eigenvalue weighted by atomic mass is 16.2. The van der Waals surface area contributed by atoms with Crippen LogP contribution in [0.2, 0.25) is 0 Å². The van der Waals surface area contributed by atoms with Crippen LogP contribution < -0.4 is 5.32 Å². The summed E-state index contributed by atoms with van der Waals surface area (Å²) in [5, 5.41) is 7.45. The van der Waals surface area contributed by atoms with Crippen molar-refractivity contribution in [1.82, 2.24) is 25.0 Å². The quantitative estimate of drug-likeness (QED) is 0.882. The second-order valence-corrected chi connectivity index (χ2v) is 7.14. The van der Waals surface area contributed by atoms with Crippen LogP contribution in [0.15, 0.2) is 42.9 Å². The van der Waals surface area contributed by atoms with Crippen molar-refractivity contribution in [2.75, 3.05) is 19.6 Å². The molecule has 2 amide bonds. The maximum absolute atomic E-state index is 13.0. The van der Waals surface area contributed by atoms with Crippen molar-refractivity contribution in [2.24, 2.45) is 5.92 Å². The van der Waals surface area contributed by atoms with Crippen LogP contribution in [0.3, 0.4) is 0 Å². The van der Waals surface area contributed by atoms with Crippen molar-refractivity contribution in [1.29, 1.82) is 0 Å². The number of aromatic nitrogens is 3. The maximum Gasteiger partial charge on any atom is 0.272 e. The fraction of sp³-hybridized carbons (Fsp3) is 0.474. The molecule has 0 unspecified atom stereocenters. The molecule has 1 N–H and O–H groups in total. The van der Waals surface area contributed by atoms with Crippen LogP contribution >= 0.6 is 0 Å². The first-order valence-corrected chi connectivity index (χ1v) is 9.18. The number of amides is 2. The SMILES string of the molecule is O=C(c1ccccn1)N1CCC(C(=O)NCC2CC2)(n2cccn2)CC1. The first kappa shape index (κ1) is 16.8. The number of hydrogen-bond donors (Lipinski definition) is 1. The third-order valence-electron chi connectivity index (χ3n) is 5.38. The third-order valence-corrected chi connectivity index (χ3v) is 5.38. The number of carbonyl (C=O) groups excluding carboxylic acids is 2. The lowest BCUT2D eigenvalue weighted by atomic mass is 9.86. The minimum absolute atomic E-state index is 0.0121. The van der Waals surface area contributed by atoms with Gasteiger partial charge in [0.1, 0.15) is 11.2 Å². The fourth-order valence-corrected chi connectivity index (χ4v) is 3.54. The van der Waals surface area contributed by atoms with Crippen molar-refractivity contribution in [3.05, 3.63) is 48.5 Å². The van der Waals surface area contributed by atoms with E-state index < -0.39 is 5.54 Å². The summed E-state index contributed by atoms with van der Waals surface area (Å²) in [6.45, 7) is 1.75. The molecular formula is C19H23N5O2. The van der Waals surface area contributed by atoms with Gasteiger partial charge in [0.2, 0.25) is 5.91 Å². The van der Waals surface area contributed by atoms with Gasteiger partial charge in [-0.05, 0) is 49.8 Å². The zero-order valence-electron chi connectivity index (χ0n) is 14.7. The van der Waals surface area contributed by atoms with E-state index in [2.05, 4.69) is 15.4 Å². The Bertz CT molecular complexity index is 762. The first-order valence-electron chi connectivity index (χ1n) is 9.18. The molecule has 1 aliphatic carbocycles. The molecule has 0 aromatic carbocycles. The van der Waals surface area contributed by atoms with E-state index in [4.69, 9.17) is 0 Å². The zero-order valence-corrected chi connectivity index (χ0v) is 14.7. The molecule has 3 heterocycles. The van der Waals surface area contributed by atoms with Gasteiger partial charge in [0, 0.05) is 38.2 Å². The number of rotatable bonds is 5. The Morgan fingerprint density at radius 3 is 2.58 bits per heavy atom. The van der Waals surface area contributed by atoms with E-state index >= 15 is 0 Å². The number of piperidine rings is 1. The van der Waals surface area contributed by atoms with Crippen LogP contribution in [-0.4, -0.2) is 51.1 Å². The van der Waals surface area contributed by atoms with Crippen molar-refractivity contribution >= 4 is 11.8 Å². The Morgan fingerprint density at radius 1 is 1.15 bits per heavy atom. The van der Waals surface area contributed by atoms with Gasteiger partial charge in [0.25, 0.3) is 5.91 Å². The Labute approximate surface area is 152 Å². The lowest BCUT2D eigenvalue weighted by molar-refractivity contribution is -0.133. The molecule has 0 bridgehead atoms. The summed E-state index contributed by atoms with van der Waals surface area (Å²) < 4.78 is 1.76. The van der Waals surface area contributed by atoms with E-state index in [0.29, 0.717) is 37.5 Å². The minimum Gasteiger partial charge on any atom is -0.354 e. The molecule has 2 aromatic heterocycles. The summed E-state index contributed by atoms with van der Waals surface area (Å²) in [4.78, 5) is 31.6. The molecular weight excluding hydrogens is 330 g/mol. The number of pyridine rings is 1. The first-order chi connectivity index (χ1) is 12.7. The fourth-order valence-electron chi connectivity index (χ4n) is 3.54. The summed E-state index contributed by atoms with van der Waals surface area (Å²) in [6.07, 6.45) is 8.64. The summed E-state index contributed by atoms with van der Waals surface area (Å²) in [5.41, 5.74) is -0.281. The summed E-state index contributed by atoms with van der Waals surface area (Å²) >= 11 is 0. The van der Waals surface area contributed by atoms with E-state index in [1.54, 1.807) is 34.1 Å². The van der Waals surface area contributed by atoms with Gasteiger partial charge in [-0.25, -0.2) is 0 Å². The van der Waals surface area contributed by atoms with E-state index in [1.165, 1.54) is 12.8 Å². The van der Waals surface area contributed by atoms with Gasteiger partial charge in [-0.15, -0.1) is 0 Å². The molecule has 136 valence electrons. The molecule has 1 aliphatic heterocycles. The van der Waals surface area contributed by atoms with Crippen LogP contribution in [0, 0.1) is 5.92 Å². The third kappa shape index (κ3) is 3.21. The van der Waals surface area contributed by atoms with E-state index in [9.17, 15) is 9.59 Å². The molecule has 0 spiro atoms. The van der Waals surface area contributed by atoms with E-state index in [1.807, 2.05) is 18.3 Å². The van der Waals surface area contributed by atoms with Crippen molar-refractivity contribution < 1.29 is 9.59 Å². The maximum atomic E-state index is 13.0. The predicted molar refractivity (Wildman–Crippen MR) is 95.3 cm³/mol. The van der Waals surface area contributed by atoms with Crippen molar-refractivity contribution in [2.45, 2.75) is 31.2 Å². The van der Waals surface area contributed by atoms with Gasteiger partial charge in [0.05, 0.1) is 0 Å². The van der Waals surface area contributed by atoms with Crippen LogP contribution in [0.4, 0.5) is 0 Å². The lowest BCUT2D eigenvalue weighted by Crippen LogP contribution is -2.56. The molecule has 2 aromatic rings. The minimum atomic E-state index is -0.723. The van der Waals surface area contributed by atoms with E-state index in [0.717, 1.165) is 6.54 Å². The summed E-state index contributed by atoms with van der Waals surface area (Å²) in [5.74, 6) is 0.551. The number of nitrogens with zero attached hydrogens (tertiary/aromatic N) is 4. The number of hydrogen-bond acceptors (Lipinski definition) is 4. The second kappa shape index (κ2) is 6.90. The molecule has 2 aliphatic rings. The lowest BCUT2D eigenvalue weighted by Gasteiger charge is -2.40. The standard InChI is InChI=1S/C19H23N5O2/c25-17(16-4-1-2-9-20-16)23-12-7-19(8-13-23,24-11-3-10-22-24)18(26)21-14-15-5-6-15/h1-4,9-11,15H,5-8,12-14H2,(H,21,26). The Morgan fingerprint density at radius 2 is 1.96 bits per heavy atom. The van der Waals surface area contributed by atoms with Crippen LogP contribution in [0.5, 0.6) is 0 Å². The average Bonchev–Trinajstić information content (AvgIpc) is 3.36. The van der Waals surface area contributed by atoms with Gasteiger partial charge < -0.3 is 10.2 Å². The van der Waals surface area contributed by atoms with Gasteiger partial charge in [-0.2, -0.15) is 5.10 Å². The largest absolute Gasteiger partial charge is 0.354 e. The monoisotopic (exact) mass is 353 g/mol. The molecule has 0 radical (unpaired) electrons. The number of likely N-dealkylation sites (tertiary alicyclic amines) is 1. The van der Waals surface area contributed by atoms with Crippen LogP contribution in [-0.2, 0) is 10.3 Å². The Kier molecular flexibility index (Phi) is 4.44. The molecule has 4 rings (SSSR count). The molecule has 7 heteroatoms. The highest BCUT2D eigenvalue weighted by Gasteiger charge is 2.45. The van der Waals surface area contributed by atoms with Gasteiger partial charge in [-0.3, -0.25) is 19.3 Å². The Balaban J connectivity index is 1.48. The van der Waals surface area contributed by atoms with Crippen molar-refractivity contribution in [3.63, 3.8) is 0 Å². The highest BCUT2D eigenvalue weighted by Crippen LogP contribution is 2.32. The highest BCUT2D eigenvalue weighted by molar-refractivity contribution is 5.92. The molecule has 0 atom stereocenters. The molecule has 2 fully saturated rings. The number of carbonyl (C=O) groups is 2. The molecule has 1 saturated heterocycles. The topological polar surface area (TPSA) is 80.1 Å². The smallest absolute Gasteiger partial charge is 0.272 e. The van der Waals surface area contributed by atoms with E-state index in [-0.39, 0.29) is 11.8 Å². The van der Waals surface area contributed by atoms with Crippen LogP contribution in [0.25, 0.3) is 0 Å². The summed E-state index contributed by atoms with van der Waals surface area (Å²) in [7, 11) is 0. The summed E-state index contributed by atoms with van der Waals surface area (Å²) in [6, 6.07) is 7.16. The average molecular weight is 353 g/mol. The normalized spacial score (nSPS) is 19.2. The van der Waals surface area contributed by atoms with Gasteiger partial charge >= 0.3 is 0 Å². The molecule has 1 saturated carbocycles. The number of nitrogens with one attached hydrogen (secondary N) is 1. The van der Waals surface area contributed by atoms with Crippen molar-refractivity contribution in [3.8, 4) is 0 Å². The second-order valence-electron chi connectivity index (χ2n) is 7.14. The zero-order chi connectivity index (χ0) is 18.0. The predicted octanol–water partition coefficient (Wildman–Crippen LogP) is 1.44. The van der Waals surface area contributed by atoms with Gasteiger partial charge in [0.15, 0.2) is 0 Å². The molecule has 26 heavy (non-hydrogen) atoms.